The first-order chi connectivity index (χ1) is 12.3. The van der Waals surface area contributed by atoms with Crippen molar-refractivity contribution in [2.45, 2.75) is 50.8 Å². The second-order valence-corrected chi connectivity index (χ2v) is 7.07. The second kappa shape index (κ2) is 7.49. The van der Waals surface area contributed by atoms with Gasteiger partial charge in [0.25, 0.3) is 0 Å². The Morgan fingerprint density at radius 2 is 2.08 bits per heavy atom. The van der Waals surface area contributed by atoms with Crippen LogP contribution in [0, 0.1) is 0 Å². The van der Waals surface area contributed by atoms with Crippen molar-refractivity contribution in [3.63, 3.8) is 0 Å². The zero-order valence-electron chi connectivity index (χ0n) is 14.5. The highest BCUT2D eigenvalue weighted by Gasteiger charge is 2.25. The third kappa shape index (κ3) is 3.82. The van der Waals surface area contributed by atoms with Crippen LogP contribution >= 0.6 is 0 Å². The average molecular weight is 342 g/mol. The number of aliphatic hydroxyl groups excluding tert-OH is 1. The summed E-state index contributed by atoms with van der Waals surface area (Å²) in [4.78, 5) is 6.41. The minimum atomic E-state index is -0.255. The van der Waals surface area contributed by atoms with E-state index in [0.717, 1.165) is 51.9 Å². The largest absolute Gasteiger partial charge is 0.391 e. The van der Waals surface area contributed by atoms with Crippen molar-refractivity contribution in [3.05, 3.63) is 36.7 Å². The Balaban J connectivity index is 1.35. The van der Waals surface area contributed by atoms with E-state index in [0.29, 0.717) is 0 Å². The minimum Gasteiger partial charge on any atom is -0.391 e. The van der Waals surface area contributed by atoms with Crippen LogP contribution in [0.25, 0.3) is 5.57 Å². The first-order valence-electron chi connectivity index (χ1n) is 9.26. The van der Waals surface area contributed by atoms with E-state index in [1.807, 2.05) is 15.6 Å². The number of hydrogen-bond donors (Lipinski definition) is 1. The normalized spacial score (nSPS) is 25.1. The molecule has 25 heavy (non-hydrogen) atoms. The molecule has 134 valence electrons. The summed E-state index contributed by atoms with van der Waals surface area (Å²) in [7, 11) is 0. The van der Waals surface area contributed by atoms with Gasteiger partial charge in [-0.15, -0.1) is 0 Å². The Bertz CT molecular complexity index is 707. The molecule has 0 saturated heterocycles. The molecule has 0 aromatic carbocycles. The molecule has 0 unspecified atom stereocenters. The van der Waals surface area contributed by atoms with Crippen LogP contribution in [0.15, 0.2) is 31.1 Å². The SMILES string of the molecule is O[C@@H]1CCCC[C@H]1n1cc(C2=CCN(CCn3cncn3)CC2)cn1. The standard InChI is InChI=1S/C18H26N6O/c25-18-4-2-1-3-17(18)24-12-16(11-20-24)15-5-7-22(8-6-15)9-10-23-14-19-13-21-23/h5,11-14,17-18,25H,1-4,6-10H2/t17-,18-/m1/s1. The number of aliphatic hydroxyl groups is 1. The first kappa shape index (κ1) is 16.5. The molecular formula is C18H26N6O. The van der Waals surface area contributed by atoms with Crippen molar-refractivity contribution in [2.24, 2.45) is 0 Å². The number of nitrogens with zero attached hydrogens (tertiary/aromatic N) is 6. The van der Waals surface area contributed by atoms with E-state index in [4.69, 9.17) is 0 Å². The maximum Gasteiger partial charge on any atom is 0.137 e. The number of rotatable bonds is 5. The van der Waals surface area contributed by atoms with Gasteiger partial charge in [0.2, 0.25) is 0 Å². The second-order valence-electron chi connectivity index (χ2n) is 7.07. The lowest BCUT2D eigenvalue weighted by molar-refractivity contribution is 0.0694. The average Bonchev–Trinajstić information content (AvgIpc) is 3.33. The highest BCUT2D eigenvalue weighted by molar-refractivity contribution is 5.65. The van der Waals surface area contributed by atoms with Crippen molar-refractivity contribution in [1.29, 1.82) is 0 Å². The smallest absolute Gasteiger partial charge is 0.137 e. The van der Waals surface area contributed by atoms with Crippen LogP contribution in [-0.4, -0.2) is 60.3 Å². The lowest BCUT2D eigenvalue weighted by atomic mass is 9.93. The van der Waals surface area contributed by atoms with E-state index < -0.39 is 0 Å². The summed E-state index contributed by atoms with van der Waals surface area (Å²) in [5.74, 6) is 0. The Labute approximate surface area is 148 Å². The number of aromatic nitrogens is 5. The zero-order valence-corrected chi connectivity index (χ0v) is 14.5. The van der Waals surface area contributed by atoms with E-state index in [1.54, 1.807) is 12.7 Å². The van der Waals surface area contributed by atoms with Crippen LogP contribution in [0.4, 0.5) is 0 Å². The summed E-state index contributed by atoms with van der Waals surface area (Å²) < 4.78 is 3.86. The fourth-order valence-corrected chi connectivity index (χ4v) is 3.85. The van der Waals surface area contributed by atoms with Crippen molar-refractivity contribution < 1.29 is 5.11 Å². The van der Waals surface area contributed by atoms with Crippen molar-refractivity contribution in [1.82, 2.24) is 29.4 Å². The van der Waals surface area contributed by atoms with Crippen LogP contribution in [0.3, 0.4) is 0 Å². The molecule has 1 aliphatic carbocycles. The molecule has 2 aromatic heterocycles. The van der Waals surface area contributed by atoms with Gasteiger partial charge in [0, 0.05) is 31.4 Å². The fraction of sp³-hybridized carbons (Fsp3) is 0.611. The molecule has 1 saturated carbocycles. The van der Waals surface area contributed by atoms with Gasteiger partial charge < -0.3 is 5.11 Å². The predicted molar refractivity (Wildman–Crippen MR) is 94.8 cm³/mol. The highest BCUT2D eigenvalue weighted by Crippen LogP contribution is 2.30. The molecule has 0 amide bonds. The predicted octanol–water partition coefficient (Wildman–Crippen LogP) is 1.74. The molecule has 0 bridgehead atoms. The summed E-state index contributed by atoms with van der Waals surface area (Å²) in [6.07, 6.45) is 14.7. The van der Waals surface area contributed by atoms with Gasteiger partial charge in [0.1, 0.15) is 12.7 Å². The van der Waals surface area contributed by atoms with Gasteiger partial charge in [0.05, 0.1) is 24.9 Å². The Morgan fingerprint density at radius 1 is 1.16 bits per heavy atom. The van der Waals surface area contributed by atoms with Crippen LogP contribution in [-0.2, 0) is 6.54 Å². The molecule has 3 heterocycles. The highest BCUT2D eigenvalue weighted by atomic mass is 16.3. The first-order valence-corrected chi connectivity index (χ1v) is 9.26. The van der Waals surface area contributed by atoms with Gasteiger partial charge in [-0.25, -0.2) is 4.98 Å². The molecule has 2 aromatic rings. The quantitative estimate of drug-likeness (QED) is 0.896. The zero-order chi connectivity index (χ0) is 17.1. The fourth-order valence-electron chi connectivity index (χ4n) is 3.85. The molecule has 2 atom stereocenters. The lowest BCUT2D eigenvalue weighted by Crippen LogP contribution is -2.31. The Hall–Kier alpha value is -1.99. The molecule has 1 aliphatic heterocycles. The van der Waals surface area contributed by atoms with Gasteiger partial charge in [-0.3, -0.25) is 14.3 Å². The third-order valence-electron chi connectivity index (χ3n) is 5.41. The van der Waals surface area contributed by atoms with Crippen LogP contribution in [0.5, 0.6) is 0 Å². The molecule has 4 rings (SSSR count). The molecule has 0 spiro atoms. The van der Waals surface area contributed by atoms with E-state index >= 15 is 0 Å². The van der Waals surface area contributed by atoms with Crippen molar-refractivity contribution in [3.8, 4) is 0 Å². The monoisotopic (exact) mass is 342 g/mol. The molecule has 2 aliphatic rings. The summed E-state index contributed by atoms with van der Waals surface area (Å²) in [6.45, 7) is 3.88. The Morgan fingerprint density at radius 3 is 2.84 bits per heavy atom. The number of hydrogen-bond acceptors (Lipinski definition) is 5. The molecule has 1 fully saturated rings. The van der Waals surface area contributed by atoms with E-state index in [2.05, 4.69) is 32.4 Å². The summed E-state index contributed by atoms with van der Waals surface area (Å²) in [6, 6.07) is 0.144. The van der Waals surface area contributed by atoms with Crippen molar-refractivity contribution in [2.75, 3.05) is 19.6 Å². The lowest BCUT2D eigenvalue weighted by Gasteiger charge is -2.28. The van der Waals surface area contributed by atoms with Gasteiger partial charge >= 0.3 is 0 Å². The maximum absolute atomic E-state index is 10.2. The molecular weight excluding hydrogens is 316 g/mol. The molecule has 1 N–H and O–H groups in total. The van der Waals surface area contributed by atoms with Crippen LogP contribution < -0.4 is 0 Å². The molecule has 7 heteroatoms. The van der Waals surface area contributed by atoms with Gasteiger partial charge in [-0.1, -0.05) is 18.9 Å². The molecule has 0 radical (unpaired) electrons. The summed E-state index contributed by atoms with van der Waals surface area (Å²) in [5.41, 5.74) is 2.57. The minimum absolute atomic E-state index is 0.144. The van der Waals surface area contributed by atoms with Crippen LogP contribution in [0.1, 0.15) is 43.7 Å². The van der Waals surface area contributed by atoms with Gasteiger partial charge in [-0.05, 0) is 24.8 Å². The van der Waals surface area contributed by atoms with Crippen molar-refractivity contribution >= 4 is 5.57 Å². The summed E-state index contributed by atoms with van der Waals surface area (Å²) >= 11 is 0. The summed E-state index contributed by atoms with van der Waals surface area (Å²) in [5, 5.41) is 18.9. The maximum atomic E-state index is 10.2. The Kier molecular flexibility index (Phi) is 4.94. The topological polar surface area (TPSA) is 72.0 Å². The third-order valence-corrected chi connectivity index (χ3v) is 5.41. The van der Waals surface area contributed by atoms with E-state index in [9.17, 15) is 5.11 Å². The molecule has 7 nitrogen and oxygen atoms in total. The van der Waals surface area contributed by atoms with E-state index in [-0.39, 0.29) is 12.1 Å². The van der Waals surface area contributed by atoms with Gasteiger partial charge in [-0.2, -0.15) is 10.2 Å². The van der Waals surface area contributed by atoms with Crippen LogP contribution in [0.2, 0.25) is 0 Å². The van der Waals surface area contributed by atoms with E-state index in [1.165, 1.54) is 17.6 Å². The van der Waals surface area contributed by atoms with Gasteiger partial charge in [0.15, 0.2) is 0 Å².